The molecule has 3 aromatic rings. The second kappa shape index (κ2) is 8.64. The molecule has 0 saturated carbocycles. The molecule has 0 atom stereocenters. The number of carbonyl (C=O) groups is 1. The van der Waals surface area contributed by atoms with Gasteiger partial charge in [-0.05, 0) is 48.4 Å². The maximum Gasteiger partial charge on any atom is 0.274 e. The van der Waals surface area contributed by atoms with Crippen LogP contribution in [0.15, 0.2) is 77.8 Å². The Bertz CT molecular complexity index is 1040. The average Bonchev–Trinajstić information content (AvgIpc) is 2.69. The first-order chi connectivity index (χ1) is 13.4. The molecule has 0 unspecified atom stereocenters. The van der Waals surface area contributed by atoms with Gasteiger partial charge >= 0.3 is 0 Å². The van der Waals surface area contributed by atoms with Crippen molar-refractivity contribution in [2.24, 2.45) is 5.14 Å². The number of sulfonamides is 1. The van der Waals surface area contributed by atoms with E-state index in [1.54, 1.807) is 30.5 Å². The second-order valence-corrected chi connectivity index (χ2v) is 7.68. The van der Waals surface area contributed by atoms with Gasteiger partial charge in [0.2, 0.25) is 10.0 Å². The normalized spacial score (nSPS) is 11.0. The van der Waals surface area contributed by atoms with E-state index in [0.29, 0.717) is 24.3 Å². The number of carbonyl (C=O) groups excluding carboxylic acids is 1. The minimum Gasteiger partial charge on any atom is -0.383 e. The highest BCUT2D eigenvalue weighted by Gasteiger charge is 2.08. The summed E-state index contributed by atoms with van der Waals surface area (Å²) in [5.41, 5.74) is 2.81. The third-order valence-electron chi connectivity index (χ3n) is 4.02. The molecule has 1 heterocycles. The van der Waals surface area contributed by atoms with Gasteiger partial charge in [-0.1, -0.05) is 30.3 Å². The average molecular weight is 396 g/mol. The van der Waals surface area contributed by atoms with Gasteiger partial charge in [-0.15, -0.1) is 0 Å². The molecule has 0 radical (unpaired) electrons. The fourth-order valence-electron chi connectivity index (χ4n) is 2.55. The molecule has 0 aliphatic heterocycles. The largest absolute Gasteiger partial charge is 0.383 e. The van der Waals surface area contributed by atoms with Crippen LogP contribution in [0.1, 0.15) is 16.1 Å². The smallest absolute Gasteiger partial charge is 0.274 e. The van der Waals surface area contributed by atoms with Crippen molar-refractivity contribution in [2.45, 2.75) is 11.3 Å². The van der Waals surface area contributed by atoms with E-state index in [2.05, 4.69) is 15.6 Å². The highest BCUT2D eigenvalue weighted by Crippen LogP contribution is 2.12. The van der Waals surface area contributed by atoms with Crippen LogP contribution in [0.25, 0.3) is 0 Å². The summed E-state index contributed by atoms with van der Waals surface area (Å²) in [5.74, 6) is -0.271. The van der Waals surface area contributed by atoms with Crippen molar-refractivity contribution in [1.82, 2.24) is 4.98 Å². The minimum absolute atomic E-state index is 0.0952. The van der Waals surface area contributed by atoms with Crippen molar-refractivity contribution >= 4 is 27.3 Å². The van der Waals surface area contributed by atoms with Crippen molar-refractivity contribution in [3.63, 3.8) is 0 Å². The Morgan fingerprint density at radius 3 is 2.25 bits per heavy atom. The zero-order valence-corrected chi connectivity index (χ0v) is 15.8. The fraction of sp³-hybridized carbons (Fsp3) is 0.100. The predicted molar refractivity (Wildman–Crippen MR) is 109 cm³/mol. The van der Waals surface area contributed by atoms with Gasteiger partial charge < -0.3 is 10.6 Å². The van der Waals surface area contributed by atoms with E-state index >= 15 is 0 Å². The number of aromatic nitrogens is 1. The Labute approximate surface area is 163 Å². The molecule has 1 amide bonds. The van der Waals surface area contributed by atoms with Gasteiger partial charge in [0, 0.05) is 12.2 Å². The Morgan fingerprint density at radius 1 is 0.929 bits per heavy atom. The molecular formula is C20H20N4O3S. The van der Waals surface area contributed by atoms with Crippen LogP contribution < -0.4 is 15.8 Å². The number of pyridine rings is 1. The summed E-state index contributed by atoms with van der Waals surface area (Å²) in [6.45, 7) is 0.631. The van der Waals surface area contributed by atoms with Crippen molar-refractivity contribution in [1.29, 1.82) is 0 Å². The van der Waals surface area contributed by atoms with E-state index in [1.807, 2.05) is 30.3 Å². The van der Waals surface area contributed by atoms with Crippen LogP contribution in [-0.4, -0.2) is 25.9 Å². The summed E-state index contributed by atoms with van der Waals surface area (Å²) >= 11 is 0. The molecule has 0 aliphatic carbocycles. The van der Waals surface area contributed by atoms with Crippen molar-refractivity contribution in [3.05, 3.63) is 84.2 Å². The molecular weight excluding hydrogens is 376 g/mol. The molecule has 0 bridgehead atoms. The zero-order chi connectivity index (χ0) is 20.0. The highest BCUT2D eigenvalue weighted by molar-refractivity contribution is 7.89. The molecule has 0 spiro atoms. The number of amides is 1. The molecule has 7 nitrogen and oxygen atoms in total. The number of nitrogens with two attached hydrogens (primary N) is 1. The third-order valence-corrected chi connectivity index (χ3v) is 4.95. The molecule has 0 fully saturated rings. The number of para-hydroxylation sites is 1. The van der Waals surface area contributed by atoms with E-state index in [1.165, 1.54) is 12.1 Å². The summed E-state index contributed by atoms with van der Waals surface area (Å²) < 4.78 is 22.5. The lowest BCUT2D eigenvalue weighted by molar-refractivity contribution is 0.102. The van der Waals surface area contributed by atoms with Gasteiger partial charge in [-0.3, -0.25) is 4.79 Å². The van der Waals surface area contributed by atoms with Gasteiger partial charge in [-0.2, -0.15) is 0 Å². The molecule has 144 valence electrons. The lowest BCUT2D eigenvalue weighted by atomic mass is 10.1. The van der Waals surface area contributed by atoms with Crippen LogP contribution in [0, 0.1) is 0 Å². The standard InChI is InChI=1S/C20H20N4O3S/c21-28(26,27)18-9-6-15(7-10-18)12-13-22-17-8-11-19(23-14-17)20(25)24-16-4-2-1-3-5-16/h1-11,14,22H,12-13H2,(H,24,25)(H2,21,26,27). The number of rotatable bonds is 7. The number of nitrogens with zero attached hydrogens (tertiary/aromatic N) is 1. The first kappa shape index (κ1) is 19.5. The van der Waals surface area contributed by atoms with Crippen LogP contribution in [0.5, 0.6) is 0 Å². The first-order valence-electron chi connectivity index (χ1n) is 8.60. The van der Waals surface area contributed by atoms with E-state index in [9.17, 15) is 13.2 Å². The summed E-state index contributed by atoms with van der Waals surface area (Å²) in [6, 6.07) is 19.1. The van der Waals surface area contributed by atoms with Gasteiger partial charge in [0.1, 0.15) is 5.69 Å². The molecule has 28 heavy (non-hydrogen) atoms. The number of hydrogen-bond acceptors (Lipinski definition) is 5. The Balaban J connectivity index is 1.51. The lowest BCUT2D eigenvalue weighted by Gasteiger charge is -2.08. The maximum absolute atomic E-state index is 12.2. The number of anilines is 2. The number of primary sulfonamides is 1. The second-order valence-electron chi connectivity index (χ2n) is 6.12. The molecule has 4 N–H and O–H groups in total. The highest BCUT2D eigenvalue weighted by atomic mass is 32.2. The molecule has 1 aromatic heterocycles. The van der Waals surface area contributed by atoms with E-state index in [-0.39, 0.29) is 10.8 Å². The van der Waals surface area contributed by atoms with E-state index < -0.39 is 10.0 Å². The Kier molecular flexibility index (Phi) is 6.03. The van der Waals surface area contributed by atoms with Crippen molar-refractivity contribution in [2.75, 3.05) is 17.2 Å². The Morgan fingerprint density at radius 2 is 1.64 bits per heavy atom. The predicted octanol–water partition coefficient (Wildman–Crippen LogP) is 2.64. The minimum atomic E-state index is -3.67. The maximum atomic E-state index is 12.2. The molecule has 2 aromatic carbocycles. The van der Waals surface area contributed by atoms with Crippen molar-refractivity contribution in [3.8, 4) is 0 Å². The summed E-state index contributed by atoms with van der Waals surface area (Å²) in [4.78, 5) is 16.5. The summed E-state index contributed by atoms with van der Waals surface area (Å²) in [7, 11) is -3.67. The number of hydrogen-bond donors (Lipinski definition) is 3. The number of benzene rings is 2. The van der Waals surface area contributed by atoms with Gasteiger partial charge in [-0.25, -0.2) is 18.5 Å². The number of nitrogens with one attached hydrogen (secondary N) is 2. The molecule has 0 saturated heterocycles. The molecule has 0 aliphatic rings. The fourth-order valence-corrected chi connectivity index (χ4v) is 3.06. The SMILES string of the molecule is NS(=O)(=O)c1ccc(CCNc2ccc(C(=O)Nc3ccccc3)nc2)cc1. The van der Waals surface area contributed by atoms with Crippen LogP contribution >= 0.6 is 0 Å². The first-order valence-corrected chi connectivity index (χ1v) is 10.1. The summed E-state index contributed by atoms with van der Waals surface area (Å²) in [5, 5.41) is 11.1. The quantitative estimate of drug-likeness (QED) is 0.568. The van der Waals surface area contributed by atoms with Gasteiger partial charge in [0.15, 0.2) is 0 Å². The third kappa shape index (κ3) is 5.38. The van der Waals surface area contributed by atoms with Crippen LogP contribution in [-0.2, 0) is 16.4 Å². The Hall–Kier alpha value is -3.23. The lowest BCUT2D eigenvalue weighted by Crippen LogP contribution is -2.14. The van der Waals surface area contributed by atoms with Gasteiger partial charge in [0.05, 0.1) is 16.8 Å². The van der Waals surface area contributed by atoms with Crippen molar-refractivity contribution < 1.29 is 13.2 Å². The van der Waals surface area contributed by atoms with Crippen LogP contribution in [0.2, 0.25) is 0 Å². The monoisotopic (exact) mass is 396 g/mol. The zero-order valence-electron chi connectivity index (χ0n) is 15.0. The topological polar surface area (TPSA) is 114 Å². The molecule has 3 rings (SSSR count). The van der Waals surface area contributed by atoms with Crippen LogP contribution in [0.3, 0.4) is 0 Å². The molecule has 8 heteroatoms. The van der Waals surface area contributed by atoms with E-state index in [0.717, 1.165) is 11.3 Å². The van der Waals surface area contributed by atoms with Crippen LogP contribution in [0.4, 0.5) is 11.4 Å². The summed E-state index contributed by atoms with van der Waals surface area (Å²) in [6.07, 6.45) is 2.30. The van der Waals surface area contributed by atoms with Gasteiger partial charge in [0.25, 0.3) is 5.91 Å². The van der Waals surface area contributed by atoms with E-state index in [4.69, 9.17) is 5.14 Å².